The van der Waals surface area contributed by atoms with Gasteiger partial charge in [0.25, 0.3) is 5.78 Å². The van der Waals surface area contributed by atoms with Gasteiger partial charge in [-0.15, -0.1) is 10.2 Å². The zero-order valence-electron chi connectivity index (χ0n) is 7.91. The summed E-state index contributed by atoms with van der Waals surface area (Å²) in [5, 5.41) is 7.74. The Morgan fingerprint density at radius 3 is 2.73 bits per heavy atom. The molecule has 4 nitrogen and oxygen atoms in total. The Hall–Kier alpha value is -2.23. The van der Waals surface area contributed by atoms with Crippen LogP contribution in [0, 0.1) is 0 Å². The van der Waals surface area contributed by atoms with Gasteiger partial charge in [0.15, 0.2) is 0 Å². The molecule has 0 aliphatic heterocycles. The number of aromatic nitrogens is 4. The highest BCUT2D eigenvalue weighted by molar-refractivity contribution is 5.61. The Morgan fingerprint density at radius 2 is 1.87 bits per heavy atom. The largest absolute Gasteiger partial charge is 0.265 e. The van der Waals surface area contributed by atoms with Crippen LogP contribution in [0.2, 0.25) is 0 Å². The van der Waals surface area contributed by atoms with Crippen molar-refractivity contribution in [3.8, 4) is 11.3 Å². The van der Waals surface area contributed by atoms with Gasteiger partial charge in [-0.3, -0.25) is 4.40 Å². The van der Waals surface area contributed by atoms with E-state index in [1.807, 2.05) is 28.7 Å². The van der Waals surface area contributed by atoms with Gasteiger partial charge in [-0.05, 0) is 11.6 Å². The topological polar surface area (TPSA) is 43.1 Å². The van der Waals surface area contributed by atoms with Crippen LogP contribution in [0.1, 0.15) is 0 Å². The lowest BCUT2D eigenvalue weighted by Gasteiger charge is -2.02. The molecule has 0 unspecified atom stereocenters. The molecule has 0 radical (unpaired) electrons. The maximum absolute atomic E-state index is 4.12. The molecule has 72 valence electrons. The molecular weight excluding hydrogens is 188 g/mol. The fourth-order valence-electron chi connectivity index (χ4n) is 1.59. The molecule has 0 atom stereocenters. The van der Waals surface area contributed by atoms with Gasteiger partial charge in [-0.1, -0.05) is 30.3 Å². The van der Waals surface area contributed by atoms with E-state index in [4.69, 9.17) is 0 Å². The summed E-state index contributed by atoms with van der Waals surface area (Å²) in [4.78, 5) is 4.12. The minimum Gasteiger partial charge on any atom is -0.265 e. The molecule has 2 heterocycles. The van der Waals surface area contributed by atoms with E-state index in [2.05, 4.69) is 27.3 Å². The molecule has 0 saturated heterocycles. The van der Waals surface area contributed by atoms with Gasteiger partial charge >= 0.3 is 0 Å². The van der Waals surface area contributed by atoms with Crippen LogP contribution >= 0.6 is 0 Å². The van der Waals surface area contributed by atoms with Gasteiger partial charge in [0.2, 0.25) is 0 Å². The number of nitrogens with zero attached hydrogens (tertiary/aromatic N) is 4. The Balaban J connectivity index is 2.31. The molecule has 2 aromatic heterocycles. The first kappa shape index (κ1) is 8.11. The number of hydrogen-bond donors (Lipinski definition) is 0. The second-order valence-corrected chi connectivity index (χ2v) is 3.20. The van der Waals surface area contributed by atoms with E-state index in [9.17, 15) is 0 Å². The third-order valence-electron chi connectivity index (χ3n) is 2.28. The summed E-state index contributed by atoms with van der Waals surface area (Å²) < 4.78 is 1.87. The van der Waals surface area contributed by atoms with Crippen LogP contribution in [-0.4, -0.2) is 19.6 Å². The van der Waals surface area contributed by atoms with E-state index < -0.39 is 0 Å². The monoisotopic (exact) mass is 196 g/mol. The van der Waals surface area contributed by atoms with Gasteiger partial charge in [0.05, 0.1) is 5.69 Å². The lowest BCUT2D eigenvalue weighted by Crippen LogP contribution is -1.92. The molecule has 0 amide bonds. The van der Waals surface area contributed by atoms with Crippen molar-refractivity contribution in [2.45, 2.75) is 0 Å². The molecule has 0 fully saturated rings. The van der Waals surface area contributed by atoms with E-state index in [0.717, 1.165) is 11.3 Å². The second-order valence-electron chi connectivity index (χ2n) is 3.20. The molecule has 0 saturated carbocycles. The first-order valence-electron chi connectivity index (χ1n) is 4.65. The Labute approximate surface area is 86.2 Å². The third-order valence-corrected chi connectivity index (χ3v) is 2.28. The Morgan fingerprint density at radius 1 is 1.00 bits per heavy atom. The lowest BCUT2D eigenvalue weighted by atomic mass is 10.1. The summed E-state index contributed by atoms with van der Waals surface area (Å²) in [5.74, 6) is 0.622. The standard InChI is InChI=1S/C11H8N4/c1-2-4-9(5-3-1)10-6-7-12-11-14-13-8-15(10)11/h1-8H. The smallest absolute Gasteiger partial charge is 0.255 e. The van der Waals surface area contributed by atoms with Crippen molar-refractivity contribution < 1.29 is 0 Å². The fraction of sp³-hybridized carbons (Fsp3) is 0. The van der Waals surface area contributed by atoms with Crippen molar-refractivity contribution in [2.75, 3.05) is 0 Å². The molecule has 1 aromatic carbocycles. The average molecular weight is 196 g/mol. The minimum atomic E-state index is 0.622. The summed E-state index contributed by atoms with van der Waals surface area (Å²) in [5.41, 5.74) is 2.18. The Bertz CT molecular complexity index is 586. The van der Waals surface area contributed by atoms with Crippen LogP contribution in [-0.2, 0) is 0 Å². The van der Waals surface area contributed by atoms with Crippen LogP contribution in [0.5, 0.6) is 0 Å². The SMILES string of the molecule is c1ccc(-c2ccnc3nncn23)cc1. The zero-order valence-corrected chi connectivity index (χ0v) is 7.91. The molecule has 0 bridgehead atoms. The maximum Gasteiger partial charge on any atom is 0.255 e. The molecule has 0 aliphatic carbocycles. The van der Waals surface area contributed by atoms with Gasteiger partial charge in [0.1, 0.15) is 6.33 Å². The minimum absolute atomic E-state index is 0.622. The van der Waals surface area contributed by atoms with Crippen LogP contribution < -0.4 is 0 Å². The predicted octanol–water partition coefficient (Wildman–Crippen LogP) is 1.79. The van der Waals surface area contributed by atoms with Gasteiger partial charge < -0.3 is 0 Å². The molecule has 0 N–H and O–H groups in total. The summed E-state index contributed by atoms with van der Waals surface area (Å²) in [6.45, 7) is 0. The molecular formula is C11H8N4. The zero-order chi connectivity index (χ0) is 10.1. The van der Waals surface area contributed by atoms with Crippen molar-refractivity contribution in [3.05, 3.63) is 48.9 Å². The first-order chi connectivity index (χ1) is 7.45. The second kappa shape index (κ2) is 3.16. The highest BCUT2D eigenvalue weighted by Gasteiger charge is 2.03. The van der Waals surface area contributed by atoms with E-state index in [1.165, 1.54) is 0 Å². The molecule has 3 rings (SSSR count). The lowest BCUT2D eigenvalue weighted by molar-refractivity contribution is 1.10. The van der Waals surface area contributed by atoms with Gasteiger partial charge in [-0.25, -0.2) is 4.98 Å². The summed E-state index contributed by atoms with van der Waals surface area (Å²) in [7, 11) is 0. The molecule has 0 aliphatic rings. The number of fused-ring (bicyclic) bond motifs is 1. The first-order valence-corrected chi connectivity index (χ1v) is 4.65. The molecule has 0 spiro atoms. The van der Waals surface area contributed by atoms with E-state index >= 15 is 0 Å². The summed E-state index contributed by atoms with van der Waals surface area (Å²) >= 11 is 0. The van der Waals surface area contributed by atoms with Crippen molar-refractivity contribution in [3.63, 3.8) is 0 Å². The van der Waals surface area contributed by atoms with Crippen molar-refractivity contribution in [1.82, 2.24) is 19.6 Å². The third kappa shape index (κ3) is 1.27. The normalized spacial score (nSPS) is 10.7. The number of hydrogen-bond acceptors (Lipinski definition) is 3. The number of benzene rings is 1. The molecule has 4 heteroatoms. The quantitative estimate of drug-likeness (QED) is 0.596. The van der Waals surface area contributed by atoms with Gasteiger partial charge in [0, 0.05) is 6.20 Å². The predicted molar refractivity (Wildman–Crippen MR) is 56.2 cm³/mol. The summed E-state index contributed by atoms with van der Waals surface area (Å²) in [6, 6.07) is 12.1. The Kier molecular flexibility index (Phi) is 1.71. The summed E-state index contributed by atoms with van der Waals surface area (Å²) in [6.07, 6.45) is 3.41. The molecule has 3 aromatic rings. The van der Waals surface area contributed by atoms with Crippen molar-refractivity contribution in [2.24, 2.45) is 0 Å². The number of rotatable bonds is 1. The highest BCUT2D eigenvalue weighted by Crippen LogP contribution is 2.17. The van der Waals surface area contributed by atoms with E-state index in [1.54, 1.807) is 12.5 Å². The highest BCUT2D eigenvalue weighted by atomic mass is 15.3. The molecule has 15 heavy (non-hydrogen) atoms. The van der Waals surface area contributed by atoms with Crippen LogP contribution in [0.4, 0.5) is 0 Å². The van der Waals surface area contributed by atoms with E-state index in [-0.39, 0.29) is 0 Å². The van der Waals surface area contributed by atoms with Crippen LogP contribution in [0.15, 0.2) is 48.9 Å². The maximum atomic E-state index is 4.12. The van der Waals surface area contributed by atoms with Crippen LogP contribution in [0.3, 0.4) is 0 Å². The van der Waals surface area contributed by atoms with Crippen molar-refractivity contribution in [1.29, 1.82) is 0 Å². The average Bonchev–Trinajstić information content (AvgIpc) is 2.78. The van der Waals surface area contributed by atoms with Crippen LogP contribution in [0.25, 0.3) is 17.0 Å². The van der Waals surface area contributed by atoms with E-state index in [0.29, 0.717) is 5.78 Å². The van der Waals surface area contributed by atoms with Crippen molar-refractivity contribution >= 4 is 5.78 Å². The fourth-order valence-corrected chi connectivity index (χ4v) is 1.59. The van der Waals surface area contributed by atoms with Gasteiger partial charge in [-0.2, -0.15) is 0 Å².